The van der Waals surface area contributed by atoms with Gasteiger partial charge in [0.05, 0.1) is 4.91 Å². The number of benzene rings is 1. The number of carbonyl (C=O) groups excluding carboxylic acids is 3. The van der Waals surface area contributed by atoms with Crippen molar-refractivity contribution in [2.45, 2.75) is 20.8 Å². The monoisotopic (exact) mass is 350 g/mol. The highest BCUT2D eigenvalue weighted by Crippen LogP contribution is 2.31. The van der Waals surface area contributed by atoms with E-state index in [1.807, 2.05) is 0 Å². The number of halogens is 1. The number of rotatable bonds is 4. The maximum atomic E-state index is 12.9. The molecule has 0 spiro atoms. The highest BCUT2D eigenvalue weighted by Gasteiger charge is 2.34. The van der Waals surface area contributed by atoms with Gasteiger partial charge in [0.25, 0.3) is 11.1 Å². The second kappa shape index (κ2) is 7.17. The number of carbonyl (C=O) groups is 3. The van der Waals surface area contributed by atoms with Gasteiger partial charge in [-0.1, -0.05) is 32.9 Å². The van der Waals surface area contributed by atoms with Crippen LogP contribution >= 0.6 is 11.8 Å². The van der Waals surface area contributed by atoms with Crippen LogP contribution in [0.3, 0.4) is 0 Å². The Morgan fingerprint density at radius 2 is 1.88 bits per heavy atom. The highest BCUT2D eigenvalue weighted by atomic mass is 32.2. The third-order valence-corrected chi connectivity index (χ3v) is 4.25. The van der Waals surface area contributed by atoms with Gasteiger partial charge >= 0.3 is 0 Å². The normalized spacial score (nSPS) is 16.8. The van der Waals surface area contributed by atoms with Gasteiger partial charge in [0.15, 0.2) is 0 Å². The number of amides is 3. The molecule has 0 unspecified atom stereocenters. The summed E-state index contributed by atoms with van der Waals surface area (Å²) >= 11 is 0.837. The Balaban J connectivity index is 1.99. The van der Waals surface area contributed by atoms with Crippen LogP contribution in [-0.2, 0) is 9.59 Å². The molecule has 24 heavy (non-hydrogen) atoms. The van der Waals surface area contributed by atoms with Crippen molar-refractivity contribution in [3.8, 4) is 0 Å². The van der Waals surface area contributed by atoms with Crippen molar-refractivity contribution < 1.29 is 18.8 Å². The Morgan fingerprint density at radius 1 is 1.25 bits per heavy atom. The molecule has 0 radical (unpaired) electrons. The molecule has 1 N–H and O–H groups in total. The van der Waals surface area contributed by atoms with Crippen LogP contribution in [-0.4, -0.2) is 35.0 Å². The minimum atomic E-state index is -0.526. The largest absolute Gasteiger partial charge is 0.354 e. The van der Waals surface area contributed by atoms with E-state index in [0.29, 0.717) is 5.56 Å². The molecule has 1 aliphatic rings. The predicted octanol–water partition coefficient (Wildman–Crippen LogP) is 3.02. The lowest BCUT2D eigenvalue weighted by atomic mass is 9.96. The summed E-state index contributed by atoms with van der Waals surface area (Å²) in [5.41, 5.74) is 0.115. The predicted molar refractivity (Wildman–Crippen MR) is 91.5 cm³/mol. The smallest absolute Gasteiger partial charge is 0.293 e. The molecule has 1 heterocycles. The van der Waals surface area contributed by atoms with Crippen LogP contribution in [0.2, 0.25) is 0 Å². The zero-order chi connectivity index (χ0) is 17.9. The zero-order valence-electron chi connectivity index (χ0n) is 13.8. The molecule has 2 rings (SSSR count). The molecule has 1 fully saturated rings. The minimum absolute atomic E-state index is 0.118. The van der Waals surface area contributed by atoms with Crippen LogP contribution in [0.4, 0.5) is 9.18 Å². The highest BCUT2D eigenvalue weighted by molar-refractivity contribution is 8.18. The van der Waals surface area contributed by atoms with Crippen molar-refractivity contribution in [3.05, 3.63) is 40.6 Å². The van der Waals surface area contributed by atoms with Gasteiger partial charge in [-0.2, -0.15) is 0 Å². The number of hydrogen-bond donors (Lipinski definition) is 1. The molecule has 0 atom stereocenters. The van der Waals surface area contributed by atoms with Gasteiger partial charge in [-0.25, -0.2) is 4.39 Å². The van der Waals surface area contributed by atoms with E-state index < -0.39 is 11.3 Å². The van der Waals surface area contributed by atoms with Gasteiger partial charge in [-0.15, -0.1) is 0 Å². The molecule has 0 bridgehead atoms. The molecule has 0 aliphatic carbocycles. The molecule has 1 saturated heterocycles. The molecule has 3 amide bonds. The van der Waals surface area contributed by atoms with Gasteiger partial charge in [-0.05, 0) is 35.5 Å². The summed E-state index contributed by atoms with van der Waals surface area (Å²) in [5, 5.41) is 2.33. The van der Waals surface area contributed by atoms with Gasteiger partial charge in [0, 0.05) is 18.5 Å². The van der Waals surface area contributed by atoms with E-state index in [4.69, 9.17) is 0 Å². The third-order valence-electron chi connectivity index (χ3n) is 3.34. The van der Waals surface area contributed by atoms with Gasteiger partial charge < -0.3 is 5.32 Å². The number of imide groups is 1. The molecule has 0 saturated carbocycles. The number of thioether (sulfide) groups is 1. The van der Waals surface area contributed by atoms with Crippen LogP contribution < -0.4 is 5.32 Å². The number of hydrogen-bond acceptors (Lipinski definition) is 4. The van der Waals surface area contributed by atoms with Gasteiger partial charge in [0.2, 0.25) is 5.91 Å². The maximum Gasteiger partial charge on any atom is 0.293 e. The lowest BCUT2D eigenvalue weighted by Crippen LogP contribution is -2.41. The molecule has 1 aliphatic heterocycles. The lowest BCUT2D eigenvalue weighted by Gasteiger charge is -2.19. The van der Waals surface area contributed by atoms with Crippen LogP contribution in [0, 0.1) is 11.2 Å². The average molecular weight is 350 g/mol. The number of nitrogens with zero attached hydrogens (tertiary/aromatic N) is 1. The first kappa shape index (κ1) is 18.2. The van der Waals surface area contributed by atoms with Crippen molar-refractivity contribution in [1.29, 1.82) is 0 Å². The summed E-state index contributed by atoms with van der Waals surface area (Å²) in [5.74, 6) is -0.912. The Kier molecular flexibility index (Phi) is 5.43. The summed E-state index contributed by atoms with van der Waals surface area (Å²) in [4.78, 5) is 37.4. The first-order valence-electron chi connectivity index (χ1n) is 7.48. The van der Waals surface area contributed by atoms with Crippen molar-refractivity contribution in [3.63, 3.8) is 0 Å². The molecule has 5 nitrogen and oxygen atoms in total. The van der Waals surface area contributed by atoms with Crippen molar-refractivity contribution >= 4 is 34.9 Å². The second-order valence-corrected chi connectivity index (χ2v) is 7.38. The lowest BCUT2D eigenvalue weighted by molar-refractivity contribution is -0.129. The Hall–Kier alpha value is -2.15. The molecule has 128 valence electrons. The van der Waals surface area contributed by atoms with Crippen molar-refractivity contribution in [2.24, 2.45) is 5.41 Å². The van der Waals surface area contributed by atoms with Crippen molar-refractivity contribution in [1.82, 2.24) is 10.2 Å². The third kappa shape index (κ3) is 4.44. The van der Waals surface area contributed by atoms with E-state index in [1.54, 1.807) is 26.8 Å². The Bertz CT molecular complexity index is 693. The fraction of sp³-hybridized carbons (Fsp3) is 0.353. The maximum absolute atomic E-state index is 12.9. The topological polar surface area (TPSA) is 66.5 Å². The molecular weight excluding hydrogens is 331 g/mol. The van der Waals surface area contributed by atoms with E-state index in [2.05, 4.69) is 5.32 Å². The van der Waals surface area contributed by atoms with E-state index in [9.17, 15) is 18.8 Å². The fourth-order valence-corrected chi connectivity index (χ4v) is 2.81. The number of nitrogens with one attached hydrogen (secondary N) is 1. The van der Waals surface area contributed by atoms with E-state index in [1.165, 1.54) is 24.3 Å². The molecule has 0 aromatic heterocycles. The van der Waals surface area contributed by atoms with E-state index >= 15 is 0 Å². The molecule has 7 heteroatoms. The fourth-order valence-electron chi connectivity index (χ4n) is 1.95. The first-order valence-corrected chi connectivity index (χ1v) is 8.29. The average Bonchev–Trinajstić information content (AvgIpc) is 2.76. The summed E-state index contributed by atoms with van der Waals surface area (Å²) in [6, 6.07) is 5.65. The quantitative estimate of drug-likeness (QED) is 0.848. The minimum Gasteiger partial charge on any atom is -0.354 e. The summed E-state index contributed by atoms with van der Waals surface area (Å²) in [6.07, 6.45) is 1.55. The Labute approximate surface area is 144 Å². The zero-order valence-corrected chi connectivity index (χ0v) is 14.6. The van der Waals surface area contributed by atoms with Gasteiger partial charge in [-0.3, -0.25) is 19.3 Å². The second-order valence-electron chi connectivity index (χ2n) is 6.39. The van der Waals surface area contributed by atoms with Crippen LogP contribution in [0.1, 0.15) is 26.3 Å². The molecule has 1 aromatic carbocycles. The van der Waals surface area contributed by atoms with Crippen LogP contribution in [0.5, 0.6) is 0 Å². The summed E-state index contributed by atoms with van der Waals surface area (Å²) < 4.78 is 12.9. The van der Waals surface area contributed by atoms with Crippen molar-refractivity contribution in [2.75, 3.05) is 13.1 Å². The first-order chi connectivity index (χ1) is 11.2. The summed E-state index contributed by atoms with van der Waals surface area (Å²) in [6.45, 7) is 5.68. The van der Waals surface area contributed by atoms with E-state index in [0.717, 1.165) is 16.7 Å². The standard InChI is InChI=1S/C17H19FN2O3S/c1-17(2,3)15(22)19-8-9-20-14(21)13(24-16(20)23)10-11-4-6-12(18)7-5-11/h4-7,10H,8-9H2,1-3H3,(H,19,22)/b13-10-. The summed E-state index contributed by atoms with van der Waals surface area (Å²) in [7, 11) is 0. The molecular formula is C17H19FN2O3S. The molecule has 1 aromatic rings. The van der Waals surface area contributed by atoms with E-state index in [-0.39, 0.29) is 35.0 Å². The Morgan fingerprint density at radius 3 is 2.46 bits per heavy atom. The SMILES string of the molecule is CC(C)(C)C(=O)NCCN1C(=O)S/C(=C\c2ccc(F)cc2)C1=O. The van der Waals surface area contributed by atoms with Crippen LogP contribution in [0.25, 0.3) is 6.08 Å². The van der Waals surface area contributed by atoms with Crippen LogP contribution in [0.15, 0.2) is 29.2 Å². The van der Waals surface area contributed by atoms with Gasteiger partial charge in [0.1, 0.15) is 5.82 Å².